The molecule has 2 heteroatoms. The topological polar surface area (TPSA) is 12.5 Å². The number of para-hydroxylation sites is 2. The third-order valence-electron chi connectivity index (χ3n) is 15.8. The highest BCUT2D eigenvalue weighted by Gasteiger charge is 2.54. The third kappa shape index (κ3) is 4.65. The minimum atomic E-state index is -0.666. The highest BCUT2D eigenvalue weighted by molar-refractivity contribution is 5.94. The first-order valence-corrected chi connectivity index (χ1v) is 22.8. The van der Waals surface area contributed by atoms with Crippen LogP contribution in [0.4, 0.5) is 17.1 Å². The van der Waals surface area contributed by atoms with E-state index in [0.29, 0.717) is 0 Å². The van der Waals surface area contributed by atoms with Crippen LogP contribution in [0.1, 0.15) is 97.2 Å². The predicted molar refractivity (Wildman–Crippen MR) is 264 cm³/mol. The molecular weight excluding hydrogens is 775 g/mol. The van der Waals surface area contributed by atoms with Gasteiger partial charge in [0.2, 0.25) is 0 Å². The van der Waals surface area contributed by atoms with Crippen LogP contribution in [0, 0.1) is 0 Å². The molecule has 1 spiro atoms. The minimum Gasteiger partial charge on any atom is -0.454 e. The summed E-state index contributed by atoms with van der Waals surface area (Å²) < 4.78 is 7.46. The third-order valence-corrected chi connectivity index (χ3v) is 15.8. The normalized spacial score (nSPS) is 18.1. The molecule has 0 saturated heterocycles. The first-order chi connectivity index (χ1) is 31.0. The van der Waals surface area contributed by atoms with Crippen molar-refractivity contribution in [2.75, 3.05) is 4.90 Å². The summed E-state index contributed by atoms with van der Waals surface area (Å²) in [5, 5.41) is 2.55. The summed E-state index contributed by atoms with van der Waals surface area (Å²) in [6.45, 7) is 14.3. The molecule has 0 aromatic heterocycles. The van der Waals surface area contributed by atoms with Gasteiger partial charge in [-0.1, -0.05) is 193 Å². The Hall–Kier alpha value is -7.16. The fourth-order valence-electron chi connectivity index (χ4n) is 12.8. The quantitative estimate of drug-likeness (QED) is 0.176. The molecule has 308 valence electrons. The van der Waals surface area contributed by atoms with E-state index in [9.17, 15) is 0 Å². The standard InChI is InChI=1S/C62H49NO/c1-59(2)46-22-11-9-20-42(46)44-33-31-39(36-53(44)59)63(40-32-34-45-43-21-10-12-23-47(43)60(3,4)54(45)37-40)55-28-17-27-52-58(55)64-56-29-16-15-26-50(56)62(52)49-25-14-13-24-48(49)61(5,6)57-41-19-8-7-18-38(41)30-35-51(57)62/h7-37H,1-6H3. The Balaban J connectivity index is 1.12. The summed E-state index contributed by atoms with van der Waals surface area (Å²) in [6.07, 6.45) is 0. The molecule has 0 fully saturated rings. The van der Waals surface area contributed by atoms with Crippen LogP contribution in [0.5, 0.6) is 11.5 Å². The Morgan fingerprint density at radius 1 is 0.359 bits per heavy atom. The average molecular weight is 824 g/mol. The number of anilines is 3. The Bertz CT molecular complexity index is 3370. The molecule has 0 amide bonds. The van der Waals surface area contributed by atoms with Crippen molar-refractivity contribution in [3.8, 4) is 33.8 Å². The Morgan fingerprint density at radius 2 is 0.875 bits per heavy atom. The van der Waals surface area contributed by atoms with Gasteiger partial charge in [0, 0.05) is 38.7 Å². The number of ether oxygens (including phenoxy) is 1. The lowest BCUT2D eigenvalue weighted by molar-refractivity contribution is 0.427. The lowest BCUT2D eigenvalue weighted by atomic mass is 9.53. The number of rotatable bonds is 3. The molecule has 2 nitrogen and oxygen atoms in total. The Morgan fingerprint density at radius 3 is 1.53 bits per heavy atom. The van der Waals surface area contributed by atoms with Crippen molar-refractivity contribution < 1.29 is 4.74 Å². The molecule has 1 heterocycles. The Kier molecular flexibility index (Phi) is 7.44. The highest BCUT2D eigenvalue weighted by atomic mass is 16.5. The van der Waals surface area contributed by atoms with E-state index >= 15 is 0 Å². The van der Waals surface area contributed by atoms with Crippen LogP contribution in [0.15, 0.2) is 188 Å². The average Bonchev–Trinajstić information content (AvgIpc) is 3.69. The van der Waals surface area contributed by atoms with Gasteiger partial charge in [-0.15, -0.1) is 0 Å². The van der Waals surface area contributed by atoms with Gasteiger partial charge in [-0.25, -0.2) is 0 Å². The monoisotopic (exact) mass is 823 g/mol. The van der Waals surface area contributed by atoms with E-state index in [0.717, 1.165) is 34.1 Å². The molecule has 64 heavy (non-hydrogen) atoms. The van der Waals surface area contributed by atoms with Crippen LogP contribution >= 0.6 is 0 Å². The second kappa shape index (κ2) is 12.7. The molecule has 13 rings (SSSR count). The van der Waals surface area contributed by atoms with Gasteiger partial charge in [0.15, 0.2) is 5.75 Å². The van der Waals surface area contributed by atoms with Gasteiger partial charge in [-0.2, -0.15) is 0 Å². The zero-order valence-electron chi connectivity index (χ0n) is 37.3. The van der Waals surface area contributed by atoms with Gasteiger partial charge in [0.1, 0.15) is 5.75 Å². The van der Waals surface area contributed by atoms with Gasteiger partial charge >= 0.3 is 0 Å². The zero-order valence-corrected chi connectivity index (χ0v) is 37.3. The number of hydrogen-bond donors (Lipinski definition) is 0. The molecule has 9 aromatic carbocycles. The first kappa shape index (κ1) is 37.4. The molecule has 3 aliphatic carbocycles. The SMILES string of the molecule is CC1(C)c2ccccc2-c2ccc(N(c3ccc4c(c3)C(C)(C)c3ccccc3-4)c3cccc4c3Oc3ccccc3C43c4ccccc4C(C)(C)c4c3ccc3ccccc43)cc21. The van der Waals surface area contributed by atoms with Crippen molar-refractivity contribution in [2.24, 2.45) is 0 Å². The zero-order chi connectivity index (χ0) is 43.3. The first-order valence-electron chi connectivity index (χ1n) is 22.8. The van der Waals surface area contributed by atoms with Crippen LogP contribution in [-0.4, -0.2) is 0 Å². The Labute approximate surface area is 376 Å². The van der Waals surface area contributed by atoms with Gasteiger partial charge in [0.05, 0.1) is 11.1 Å². The maximum absolute atomic E-state index is 7.46. The summed E-state index contributed by atoms with van der Waals surface area (Å²) in [5.41, 5.74) is 20.2. The van der Waals surface area contributed by atoms with E-state index in [2.05, 4.69) is 234 Å². The van der Waals surface area contributed by atoms with Crippen molar-refractivity contribution in [3.63, 3.8) is 0 Å². The molecule has 0 saturated carbocycles. The summed E-state index contributed by atoms with van der Waals surface area (Å²) in [4.78, 5) is 2.49. The number of hydrogen-bond acceptors (Lipinski definition) is 2. The van der Waals surface area contributed by atoms with Crippen LogP contribution < -0.4 is 9.64 Å². The smallest absolute Gasteiger partial charge is 0.156 e. The maximum atomic E-state index is 7.46. The van der Waals surface area contributed by atoms with E-state index in [1.807, 2.05) is 0 Å². The largest absolute Gasteiger partial charge is 0.454 e. The van der Waals surface area contributed by atoms with E-state index in [1.54, 1.807) is 0 Å². The highest BCUT2D eigenvalue weighted by Crippen LogP contribution is 2.64. The second-order valence-electron chi connectivity index (χ2n) is 20.0. The summed E-state index contributed by atoms with van der Waals surface area (Å²) in [6, 6.07) is 70.7. The van der Waals surface area contributed by atoms with Crippen LogP contribution in [0.25, 0.3) is 33.0 Å². The van der Waals surface area contributed by atoms with Crippen molar-refractivity contribution in [3.05, 3.63) is 244 Å². The van der Waals surface area contributed by atoms with Crippen molar-refractivity contribution in [1.29, 1.82) is 0 Å². The molecule has 9 aromatic rings. The number of benzene rings is 9. The summed E-state index contributed by atoms with van der Waals surface area (Å²) >= 11 is 0. The van der Waals surface area contributed by atoms with Gasteiger partial charge in [0.25, 0.3) is 0 Å². The van der Waals surface area contributed by atoms with Crippen LogP contribution in [-0.2, 0) is 21.7 Å². The predicted octanol–water partition coefficient (Wildman–Crippen LogP) is 16.0. The molecule has 0 N–H and O–H groups in total. The fraction of sp³-hybridized carbons (Fsp3) is 0.161. The molecule has 1 atom stereocenters. The molecule has 1 aliphatic heterocycles. The second-order valence-corrected chi connectivity index (χ2v) is 20.0. The molecule has 4 aliphatic rings. The van der Waals surface area contributed by atoms with Crippen molar-refractivity contribution in [1.82, 2.24) is 0 Å². The van der Waals surface area contributed by atoms with Crippen LogP contribution in [0.2, 0.25) is 0 Å². The molecule has 0 bridgehead atoms. The number of nitrogens with zero attached hydrogens (tertiary/aromatic N) is 1. The van der Waals surface area contributed by atoms with Crippen molar-refractivity contribution >= 4 is 27.8 Å². The molecule has 1 unspecified atom stereocenters. The summed E-state index contributed by atoms with van der Waals surface area (Å²) in [7, 11) is 0. The lowest BCUT2D eigenvalue weighted by Crippen LogP contribution is -2.43. The lowest BCUT2D eigenvalue weighted by Gasteiger charge is -2.50. The van der Waals surface area contributed by atoms with E-state index < -0.39 is 5.41 Å². The van der Waals surface area contributed by atoms with Crippen molar-refractivity contribution in [2.45, 2.75) is 63.2 Å². The maximum Gasteiger partial charge on any atom is 0.156 e. The fourth-order valence-corrected chi connectivity index (χ4v) is 12.8. The number of fused-ring (bicyclic) bond motifs is 16. The minimum absolute atomic E-state index is 0.171. The van der Waals surface area contributed by atoms with E-state index in [4.69, 9.17) is 4.74 Å². The molecular formula is C62H49NO. The van der Waals surface area contributed by atoms with Gasteiger partial charge in [-0.05, 0) is 114 Å². The van der Waals surface area contributed by atoms with E-state index in [1.165, 1.54) is 83.1 Å². The molecule has 0 radical (unpaired) electrons. The van der Waals surface area contributed by atoms with E-state index in [-0.39, 0.29) is 16.2 Å². The summed E-state index contributed by atoms with van der Waals surface area (Å²) in [5.74, 6) is 1.76. The van der Waals surface area contributed by atoms with Gasteiger partial charge < -0.3 is 9.64 Å². The van der Waals surface area contributed by atoms with Gasteiger partial charge in [-0.3, -0.25) is 0 Å². The van der Waals surface area contributed by atoms with Crippen LogP contribution in [0.3, 0.4) is 0 Å².